The Morgan fingerprint density at radius 2 is 2.20 bits per heavy atom. The predicted molar refractivity (Wildman–Crippen MR) is 65.1 cm³/mol. The number of hydrogen-bond acceptors (Lipinski definition) is 7. The third-order valence-corrected chi connectivity index (χ3v) is 2.82. The Morgan fingerprint density at radius 1 is 1.40 bits per heavy atom. The van der Waals surface area contributed by atoms with Crippen molar-refractivity contribution in [1.82, 2.24) is 10.1 Å². The fraction of sp³-hybridized carbons (Fsp3) is 0.333. The highest BCUT2D eigenvalue weighted by molar-refractivity contribution is 5.70. The van der Waals surface area contributed by atoms with E-state index in [0.29, 0.717) is 12.2 Å². The summed E-state index contributed by atoms with van der Waals surface area (Å²) in [6.45, 7) is 0.729. The van der Waals surface area contributed by atoms with Gasteiger partial charge in [-0.2, -0.15) is 9.37 Å². The van der Waals surface area contributed by atoms with Crippen molar-refractivity contribution >= 4 is 0 Å². The van der Waals surface area contributed by atoms with E-state index >= 15 is 0 Å². The Morgan fingerprint density at radius 3 is 2.90 bits per heavy atom. The van der Waals surface area contributed by atoms with Gasteiger partial charge in [0.1, 0.15) is 13.2 Å². The second-order valence-corrected chi connectivity index (χ2v) is 4.01. The van der Waals surface area contributed by atoms with E-state index in [-0.39, 0.29) is 42.1 Å². The molecule has 1 aromatic carbocycles. The zero-order chi connectivity index (χ0) is 14.1. The van der Waals surface area contributed by atoms with Gasteiger partial charge in [-0.1, -0.05) is 5.16 Å². The van der Waals surface area contributed by atoms with E-state index in [1.54, 1.807) is 6.07 Å². The summed E-state index contributed by atoms with van der Waals surface area (Å²) in [5.41, 5.74) is 5.72. The van der Waals surface area contributed by atoms with E-state index in [0.717, 1.165) is 0 Å². The molecule has 0 saturated heterocycles. The zero-order valence-corrected chi connectivity index (χ0v) is 10.7. The van der Waals surface area contributed by atoms with Gasteiger partial charge in [0, 0.05) is 0 Å². The summed E-state index contributed by atoms with van der Waals surface area (Å²) in [5.74, 6) is 0.0518. The average Bonchev–Trinajstić information content (AvgIpc) is 2.96. The number of aromatic nitrogens is 2. The second-order valence-electron chi connectivity index (χ2n) is 4.01. The SMILES string of the molecule is COc1c(-c2noc(CN)n2)cc2c(c1F)OCCO2. The first-order valence-electron chi connectivity index (χ1n) is 5.93. The summed E-state index contributed by atoms with van der Waals surface area (Å²) in [4.78, 5) is 4.05. The van der Waals surface area contributed by atoms with E-state index in [9.17, 15) is 4.39 Å². The van der Waals surface area contributed by atoms with Gasteiger partial charge < -0.3 is 24.5 Å². The number of ether oxygens (including phenoxy) is 3. The predicted octanol–water partition coefficient (Wildman–Crippen LogP) is 1.11. The summed E-state index contributed by atoms with van der Waals surface area (Å²) >= 11 is 0. The molecule has 0 unspecified atom stereocenters. The molecule has 20 heavy (non-hydrogen) atoms. The van der Waals surface area contributed by atoms with Crippen molar-refractivity contribution in [2.45, 2.75) is 6.54 Å². The number of nitrogens with two attached hydrogens (primary N) is 1. The van der Waals surface area contributed by atoms with Gasteiger partial charge in [-0.05, 0) is 6.07 Å². The molecule has 3 rings (SSSR count). The molecule has 2 heterocycles. The highest BCUT2D eigenvalue weighted by Crippen LogP contribution is 2.43. The van der Waals surface area contributed by atoms with Crippen LogP contribution in [-0.2, 0) is 6.54 Å². The minimum absolute atomic E-state index is 0.0272. The smallest absolute Gasteiger partial charge is 0.240 e. The topological polar surface area (TPSA) is 92.6 Å². The first kappa shape index (κ1) is 12.7. The molecular formula is C12H12FN3O4. The first-order valence-corrected chi connectivity index (χ1v) is 5.93. The van der Waals surface area contributed by atoms with Crippen LogP contribution in [0.1, 0.15) is 5.89 Å². The lowest BCUT2D eigenvalue weighted by Crippen LogP contribution is -2.17. The van der Waals surface area contributed by atoms with Crippen LogP contribution < -0.4 is 19.9 Å². The van der Waals surface area contributed by atoms with Crippen LogP contribution in [0.2, 0.25) is 0 Å². The monoisotopic (exact) mass is 281 g/mol. The standard InChI is InChI=1S/C12H12FN3O4/c1-17-10-6(12-15-8(5-14)20-16-12)4-7-11(9(10)13)19-3-2-18-7/h4H,2-3,5,14H2,1H3. The van der Waals surface area contributed by atoms with Gasteiger partial charge in [-0.15, -0.1) is 0 Å². The van der Waals surface area contributed by atoms with Gasteiger partial charge >= 0.3 is 0 Å². The molecule has 106 valence electrons. The van der Waals surface area contributed by atoms with Crippen molar-refractivity contribution in [1.29, 1.82) is 0 Å². The van der Waals surface area contributed by atoms with Crippen LogP contribution in [0.3, 0.4) is 0 Å². The molecule has 8 heteroatoms. The molecule has 1 aliphatic rings. The Labute approximate surface area is 113 Å². The van der Waals surface area contributed by atoms with E-state index < -0.39 is 5.82 Å². The highest BCUT2D eigenvalue weighted by Gasteiger charge is 2.26. The van der Waals surface area contributed by atoms with Gasteiger partial charge in [-0.25, -0.2) is 0 Å². The summed E-state index contributed by atoms with van der Waals surface area (Å²) in [7, 11) is 1.35. The van der Waals surface area contributed by atoms with Crippen molar-refractivity contribution < 1.29 is 23.1 Å². The molecule has 7 nitrogen and oxygen atoms in total. The molecular weight excluding hydrogens is 269 g/mol. The van der Waals surface area contributed by atoms with Crippen LogP contribution in [0, 0.1) is 5.82 Å². The Bertz CT molecular complexity index is 644. The van der Waals surface area contributed by atoms with Crippen LogP contribution in [0.25, 0.3) is 11.4 Å². The lowest BCUT2D eigenvalue weighted by molar-refractivity contribution is 0.162. The van der Waals surface area contributed by atoms with Crippen molar-refractivity contribution in [2.24, 2.45) is 5.73 Å². The minimum atomic E-state index is -0.654. The molecule has 0 atom stereocenters. The van der Waals surface area contributed by atoms with E-state index in [1.807, 2.05) is 0 Å². The maximum atomic E-state index is 14.3. The first-order chi connectivity index (χ1) is 9.74. The minimum Gasteiger partial charge on any atom is -0.493 e. The number of nitrogens with zero attached hydrogens (tertiary/aromatic N) is 2. The van der Waals surface area contributed by atoms with Crippen LogP contribution >= 0.6 is 0 Å². The Hall–Kier alpha value is -2.35. The van der Waals surface area contributed by atoms with Gasteiger partial charge in [0.05, 0.1) is 19.2 Å². The average molecular weight is 281 g/mol. The largest absolute Gasteiger partial charge is 0.493 e. The van der Waals surface area contributed by atoms with Gasteiger partial charge in [0.15, 0.2) is 11.5 Å². The number of rotatable bonds is 3. The number of fused-ring (bicyclic) bond motifs is 1. The van der Waals surface area contributed by atoms with Crippen molar-refractivity contribution in [3.63, 3.8) is 0 Å². The van der Waals surface area contributed by atoms with Crippen LogP contribution in [0.4, 0.5) is 4.39 Å². The molecule has 2 aromatic rings. The highest BCUT2D eigenvalue weighted by atomic mass is 19.1. The van der Waals surface area contributed by atoms with E-state index in [2.05, 4.69) is 10.1 Å². The molecule has 0 spiro atoms. The third kappa shape index (κ3) is 1.94. The molecule has 0 aliphatic carbocycles. The molecule has 2 N–H and O–H groups in total. The summed E-state index contributed by atoms with van der Waals surface area (Å²) < 4.78 is 35.0. The van der Waals surface area contributed by atoms with Gasteiger partial charge in [0.2, 0.25) is 23.3 Å². The van der Waals surface area contributed by atoms with Crippen molar-refractivity contribution in [3.05, 3.63) is 17.8 Å². The van der Waals surface area contributed by atoms with Crippen LogP contribution in [-0.4, -0.2) is 30.5 Å². The van der Waals surface area contributed by atoms with Crippen molar-refractivity contribution in [2.75, 3.05) is 20.3 Å². The zero-order valence-electron chi connectivity index (χ0n) is 10.7. The fourth-order valence-electron chi connectivity index (χ4n) is 1.94. The van der Waals surface area contributed by atoms with Gasteiger partial charge in [-0.3, -0.25) is 0 Å². The van der Waals surface area contributed by atoms with Crippen LogP contribution in [0.5, 0.6) is 17.2 Å². The Balaban J connectivity index is 2.16. The lowest BCUT2D eigenvalue weighted by atomic mass is 10.1. The molecule has 0 saturated carbocycles. The van der Waals surface area contributed by atoms with E-state index in [4.69, 9.17) is 24.5 Å². The molecule has 1 aromatic heterocycles. The number of hydrogen-bond donors (Lipinski definition) is 1. The van der Waals surface area contributed by atoms with Gasteiger partial charge in [0.25, 0.3) is 0 Å². The molecule has 0 fully saturated rings. The normalized spacial score (nSPS) is 13.3. The number of benzene rings is 1. The third-order valence-electron chi connectivity index (χ3n) is 2.82. The van der Waals surface area contributed by atoms with E-state index in [1.165, 1.54) is 7.11 Å². The fourth-order valence-corrected chi connectivity index (χ4v) is 1.94. The Kier molecular flexibility index (Phi) is 3.15. The maximum absolute atomic E-state index is 14.3. The number of methoxy groups -OCH3 is 1. The summed E-state index contributed by atoms with van der Waals surface area (Å²) in [5, 5.41) is 3.75. The molecule has 0 amide bonds. The quantitative estimate of drug-likeness (QED) is 0.900. The summed E-state index contributed by atoms with van der Waals surface area (Å²) in [6.07, 6.45) is 0. The van der Waals surface area contributed by atoms with Crippen LogP contribution in [0.15, 0.2) is 10.6 Å². The van der Waals surface area contributed by atoms with Crippen molar-refractivity contribution in [3.8, 4) is 28.6 Å². The maximum Gasteiger partial charge on any atom is 0.240 e. The molecule has 1 aliphatic heterocycles. The summed E-state index contributed by atoms with van der Waals surface area (Å²) in [6, 6.07) is 1.56. The lowest BCUT2D eigenvalue weighted by Gasteiger charge is -2.20. The molecule has 0 bridgehead atoms. The second kappa shape index (κ2) is 4.97. The number of halogens is 1. The molecule has 0 radical (unpaired) electrons.